The zero-order chi connectivity index (χ0) is 15.5. The van der Waals surface area contributed by atoms with Crippen LogP contribution in [0.25, 0.3) is 5.69 Å². The minimum absolute atomic E-state index is 0.213. The molecule has 0 aliphatic heterocycles. The van der Waals surface area contributed by atoms with E-state index in [2.05, 4.69) is 9.82 Å². The Kier molecular flexibility index (Phi) is 4.76. The fourth-order valence-electron chi connectivity index (χ4n) is 1.90. The Morgan fingerprint density at radius 3 is 2.52 bits per heavy atom. The van der Waals surface area contributed by atoms with Crippen LogP contribution in [0.4, 0.5) is 0 Å². The molecule has 0 radical (unpaired) electrons. The van der Waals surface area contributed by atoms with Gasteiger partial charge >= 0.3 is 0 Å². The highest BCUT2D eigenvalue weighted by atomic mass is 32.2. The number of hydrogen-bond acceptors (Lipinski definition) is 4. The Morgan fingerprint density at radius 2 is 1.90 bits per heavy atom. The van der Waals surface area contributed by atoms with Gasteiger partial charge < -0.3 is 4.90 Å². The van der Waals surface area contributed by atoms with Crippen molar-refractivity contribution in [2.45, 2.75) is 11.8 Å². The van der Waals surface area contributed by atoms with Gasteiger partial charge in [-0.25, -0.2) is 17.8 Å². The quantitative estimate of drug-likeness (QED) is 0.865. The van der Waals surface area contributed by atoms with E-state index < -0.39 is 10.0 Å². The summed E-state index contributed by atoms with van der Waals surface area (Å²) >= 11 is 0. The van der Waals surface area contributed by atoms with Crippen LogP contribution in [-0.2, 0) is 10.0 Å². The Hall–Kier alpha value is -1.70. The Balaban J connectivity index is 2.22. The standard InChI is InChI=1S/C14H20N4O2S/c1-12-14(21(19,20)15-9-10-17(2)3)11-18(16-12)13-7-5-4-6-8-13/h4-8,11,15H,9-10H2,1-3H3. The molecule has 2 aromatic rings. The van der Waals surface area contributed by atoms with Gasteiger partial charge in [-0.05, 0) is 33.2 Å². The molecule has 0 fully saturated rings. The summed E-state index contributed by atoms with van der Waals surface area (Å²) < 4.78 is 28.8. The highest BCUT2D eigenvalue weighted by Gasteiger charge is 2.20. The lowest BCUT2D eigenvalue weighted by molar-refractivity contribution is 0.412. The van der Waals surface area contributed by atoms with E-state index in [1.165, 1.54) is 0 Å². The molecule has 1 aromatic carbocycles. The fourth-order valence-corrected chi connectivity index (χ4v) is 3.09. The maximum atomic E-state index is 12.3. The van der Waals surface area contributed by atoms with Crippen molar-refractivity contribution in [3.63, 3.8) is 0 Å². The van der Waals surface area contributed by atoms with Gasteiger partial charge in [0, 0.05) is 13.1 Å². The molecule has 7 heteroatoms. The van der Waals surface area contributed by atoms with Crippen molar-refractivity contribution >= 4 is 10.0 Å². The van der Waals surface area contributed by atoms with Crippen LogP contribution in [0.15, 0.2) is 41.4 Å². The maximum Gasteiger partial charge on any atom is 0.244 e. The number of para-hydroxylation sites is 1. The van der Waals surface area contributed by atoms with Crippen LogP contribution in [-0.4, -0.2) is 50.3 Å². The molecule has 0 atom stereocenters. The summed E-state index contributed by atoms with van der Waals surface area (Å²) in [6.07, 6.45) is 1.54. The van der Waals surface area contributed by atoms with Crippen LogP contribution >= 0.6 is 0 Å². The minimum atomic E-state index is -3.53. The molecule has 0 amide bonds. The number of rotatable bonds is 6. The normalized spacial score (nSPS) is 12.0. The lowest BCUT2D eigenvalue weighted by Gasteiger charge is -2.10. The van der Waals surface area contributed by atoms with E-state index in [0.717, 1.165) is 5.69 Å². The number of aromatic nitrogens is 2. The number of likely N-dealkylation sites (N-methyl/N-ethyl adjacent to an activating group) is 1. The topological polar surface area (TPSA) is 67.2 Å². The number of benzene rings is 1. The van der Waals surface area contributed by atoms with Gasteiger partial charge in [0.15, 0.2) is 0 Å². The molecule has 0 aliphatic rings. The van der Waals surface area contributed by atoms with Crippen molar-refractivity contribution in [3.05, 3.63) is 42.2 Å². The van der Waals surface area contributed by atoms with Crippen molar-refractivity contribution in [2.24, 2.45) is 0 Å². The molecule has 6 nitrogen and oxygen atoms in total. The monoisotopic (exact) mass is 308 g/mol. The van der Waals surface area contributed by atoms with Crippen LogP contribution in [0.5, 0.6) is 0 Å². The highest BCUT2D eigenvalue weighted by Crippen LogP contribution is 2.16. The van der Waals surface area contributed by atoms with Crippen LogP contribution in [0, 0.1) is 6.92 Å². The molecule has 2 rings (SSSR count). The highest BCUT2D eigenvalue weighted by molar-refractivity contribution is 7.89. The summed E-state index contributed by atoms with van der Waals surface area (Å²) in [6.45, 7) is 2.70. The molecule has 1 heterocycles. The Labute approximate surface area is 125 Å². The van der Waals surface area contributed by atoms with Crippen molar-refractivity contribution in [3.8, 4) is 5.69 Å². The van der Waals surface area contributed by atoms with Gasteiger partial charge in [-0.1, -0.05) is 18.2 Å². The van der Waals surface area contributed by atoms with Crippen molar-refractivity contribution in [2.75, 3.05) is 27.2 Å². The summed E-state index contributed by atoms with van der Waals surface area (Å²) in [7, 11) is 0.258. The number of nitrogens with one attached hydrogen (secondary N) is 1. The Bertz CT molecular complexity index is 693. The van der Waals surface area contributed by atoms with Crippen molar-refractivity contribution in [1.82, 2.24) is 19.4 Å². The summed E-state index contributed by atoms with van der Waals surface area (Å²) in [4.78, 5) is 2.13. The third-order valence-electron chi connectivity index (χ3n) is 3.02. The predicted octanol–water partition coefficient (Wildman–Crippen LogP) is 1.02. The average Bonchev–Trinajstić information content (AvgIpc) is 2.82. The van der Waals surface area contributed by atoms with E-state index in [4.69, 9.17) is 0 Å². The van der Waals surface area contributed by atoms with Gasteiger partial charge in [0.05, 0.1) is 17.6 Å². The van der Waals surface area contributed by atoms with E-state index >= 15 is 0 Å². The lowest BCUT2D eigenvalue weighted by Crippen LogP contribution is -2.31. The van der Waals surface area contributed by atoms with E-state index in [1.807, 2.05) is 49.3 Å². The molecule has 0 aliphatic carbocycles. The molecule has 0 saturated carbocycles. The van der Waals surface area contributed by atoms with Crippen molar-refractivity contribution in [1.29, 1.82) is 0 Å². The van der Waals surface area contributed by atoms with E-state index in [9.17, 15) is 8.42 Å². The SMILES string of the molecule is Cc1nn(-c2ccccc2)cc1S(=O)(=O)NCCN(C)C. The molecular weight excluding hydrogens is 288 g/mol. The van der Waals surface area contributed by atoms with Gasteiger partial charge in [0.25, 0.3) is 0 Å². The summed E-state index contributed by atoms with van der Waals surface area (Å²) in [5, 5.41) is 4.28. The van der Waals surface area contributed by atoms with E-state index in [-0.39, 0.29) is 4.90 Å². The summed E-state index contributed by atoms with van der Waals surface area (Å²) in [6, 6.07) is 9.43. The first-order chi connectivity index (χ1) is 9.90. The first-order valence-corrected chi connectivity index (χ1v) is 8.14. The molecule has 21 heavy (non-hydrogen) atoms. The molecule has 0 unspecified atom stereocenters. The molecule has 1 aromatic heterocycles. The number of sulfonamides is 1. The molecule has 114 valence electrons. The number of aryl methyl sites for hydroxylation is 1. The van der Waals surface area contributed by atoms with E-state index in [0.29, 0.717) is 18.8 Å². The van der Waals surface area contributed by atoms with Gasteiger partial charge in [0.1, 0.15) is 4.90 Å². The van der Waals surface area contributed by atoms with Crippen molar-refractivity contribution < 1.29 is 8.42 Å². The second-order valence-corrected chi connectivity index (χ2v) is 6.80. The molecule has 0 bridgehead atoms. The number of hydrogen-bond donors (Lipinski definition) is 1. The van der Waals surface area contributed by atoms with Crippen LogP contribution in [0.3, 0.4) is 0 Å². The minimum Gasteiger partial charge on any atom is -0.308 e. The second kappa shape index (κ2) is 6.38. The van der Waals surface area contributed by atoms with Crippen LogP contribution in [0.2, 0.25) is 0 Å². The maximum absolute atomic E-state index is 12.3. The largest absolute Gasteiger partial charge is 0.308 e. The third kappa shape index (κ3) is 3.90. The van der Waals surface area contributed by atoms with Gasteiger partial charge in [-0.3, -0.25) is 0 Å². The zero-order valence-corrected chi connectivity index (χ0v) is 13.3. The number of nitrogens with zero attached hydrogens (tertiary/aromatic N) is 3. The van der Waals surface area contributed by atoms with Gasteiger partial charge in [-0.15, -0.1) is 0 Å². The lowest BCUT2D eigenvalue weighted by atomic mass is 10.3. The van der Waals surface area contributed by atoms with Crippen LogP contribution in [0.1, 0.15) is 5.69 Å². The van der Waals surface area contributed by atoms with Crippen LogP contribution < -0.4 is 4.72 Å². The predicted molar refractivity (Wildman–Crippen MR) is 82.0 cm³/mol. The molecule has 0 saturated heterocycles. The molecule has 1 N–H and O–H groups in total. The van der Waals surface area contributed by atoms with E-state index in [1.54, 1.807) is 17.8 Å². The smallest absolute Gasteiger partial charge is 0.244 e. The molecular formula is C14H20N4O2S. The first kappa shape index (κ1) is 15.7. The summed E-state index contributed by atoms with van der Waals surface area (Å²) in [5.74, 6) is 0. The Morgan fingerprint density at radius 1 is 1.24 bits per heavy atom. The van der Waals surface area contributed by atoms with Gasteiger partial charge in [0.2, 0.25) is 10.0 Å². The zero-order valence-electron chi connectivity index (χ0n) is 12.4. The first-order valence-electron chi connectivity index (χ1n) is 6.66. The second-order valence-electron chi connectivity index (χ2n) is 5.06. The van der Waals surface area contributed by atoms with Gasteiger partial charge in [-0.2, -0.15) is 5.10 Å². The summed E-state index contributed by atoms with van der Waals surface area (Å²) in [5.41, 5.74) is 1.31. The average molecular weight is 308 g/mol. The molecule has 0 spiro atoms. The fraction of sp³-hybridized carbons (Fsp3) is 0.357. The third-order valence-corrected chi connectivity index (χ3v) is 4.58.